The molecule has 0 spiro atoms. The molecule has 1 N–H and O–H groups in total. The topological polar surface area (TPSA) is 85.1 Å². The lowest BCUT2D eigenvalue weighted by Gasteiger charge is -2.06. The third-order valence-corrected chi connectivity index (χ3v) is 3.21. The Kier molecular flexibility index (Phi) is 4.59. The Bertz CT molecular complexity index is 709. The minimum absolute atomic E-state index is 0.126. The Morgan fingerprint density at radius 3 is 2.81 bits per heavy atom. The summed E-state index contributed by atoms with van der Waals surface area (Å²) in [5, 5.41) is 13.3. The number of nitro groups is 1. The van der Waals surface area contributed by atoms with Gasteiger partial charge in [-0.25, -0.2) is 9.37 Å². The predicted molar refractivity (Wildman–Crippen MR) is 77.3 cm³/mol. The molecule has 21 heavy (non-hydrogen) atoms. The van der Waals surface area contributed by atoms with Crippen molar-refractivity contribution in [1.82, 2.24) is 4.98 Å². The zero-order chi connectivity index (χ0) is 15.4. The van der Waals surface area contributed by atoms with Gasteiger partial charge in [-0.3, -0.25) is 14.9 Å². The standard InChI is InChI=1S/C13H9BrFN3O3/c14-10-6-9(15)7-16-13(10)17-12(19)5-8-3-1-2-4-11(8)18(20)21/h1-4,6-7H,5H2,(H,16,17,19). The number of para-hydroxylation sites is 1. The summed E-state index contributed by atoms with van der Waals surface area (Å²) in [6.45, 7) is 0. The number of benzene rings is 1. The van der Waals surface area contributed by atoms with Crippen LogP contribution < -0.4 is 5.32 Å². The Balaban J connectivity index is 2.14. The Hall–Kier alpha value is -2.35. The van der Waals surface area contributed by atoms with Gasteiger partial charge in [0.25, 0.3) is 5.69 Å². The van der Waals surface area contributed by atoms with Crippen molar-refractivity contribution in [3.8, 4) is 0 Å². The van der Waals surface area contributed by atoms with Gasteiger partial charge in [0.2, 0.25) is 5.91 Å². The second-order valence-corrected chi connectivity index (χ2v) is 4.95. The monoisotopic (exact) mass is 353 g/mol. The van der Waals surface area contributed by atoms with Crippen LogP contribution in [0.1, 0.15) is 5.56 Å². The normalized spacial score (nSPS) is 10.2. The number of carbonyl (C=O) groups is 1. The van der Waals surface area contributed by atoms with Gasteiger partial charge in [-0.2, -0.15) is 0 Å². The van der Waals surface area contributed by atoms with Crippen LogP contribution in [0.25, 0.3) is 0 Å². The number of anilines is 1. The van der Waals surface area contributed by atoms with Crippen molar-refractivity contribution >= 4 is 33.3 Å². The van der Waals surface area contributed by atoms with Gasteiger partial charge >= 0.3 is 0 Å². The largest absolute Gasteiger partial charge is 0.309 e. The molecule has 0 unspecified atom stereocenters. The van der Waals surface area contributed by atoms with E-state index < -0.39 is 16.6 Å². The molecule has 0 aliphatic heterocycles. The van der Waals surface area contributed by atoms with Gasteiger partial charge in [-0.1, -0.05) is 18.2 Å². The first kappa shape index (κ1) is 15.0. The van der Waals surface area contributed by atoms with Gasteiger partial charge in [0, 0.05) is 11.6 Å². The second-order valence-electron chi connectivity index (χ2n) is 4.09. The fourth-order valence-corrected chi connectivity index (χ4v) is 2.11. The number of nitrogens with one attached hydrogen (secondary N) is 1. The molecule has 1 amide bonds. The summed E-state index contributed by atoms with van der Waals surface area (Å²) in [7, 11) is 0. The highest BCUT2D eigenvalue weighted by Crippen LogP contribution is 2.22. The second kappa shape index (κ2) is 6.40. The fourth-order valence-electron chi connectivity index (χ4n) is 1.69. The molecule has 0 aliphatic carbocycles. The van der Waals surface area contributed by atoms with Crippen LogP contribution in [0.15, 0.2) is 41.0 Å². The number of aromatic nitrogens is 1. The van der Waals surface area contributed by atoms with Crippen molar-refractivity contribution in [2.45, 2.75) is 6.42 Å². The molecular weight excluding hydrogens is 345 g/mol. The number of nitro benzene ring substituents is 1. The smallest absolute Gasteiger partial charge is 0.273 e. The molecule has 0 saturated heterocycles. The van der Waals surface area contributed by atoms with Crippen molar-refractivity contribution in [2.24, 2.45) is 0 Å². The SMILES string of the molecule is O=C(Cc1ccccc1[N+](=O)[O-])Nc1ncc(F)cc1Br. The number of carbonyl (C=O) groups excluding carboxylic acids is 1. The van der Waals surface area contributed by atoms with Crippen molar-refractivity contribution in [3.05, 3.63) is 62.5 Å². The van der Waals surface area contributed by atoms with E-state index in [1.165, 1.54) is 18.2 Å². The first-order valence-corrected chi connectivity index (χ1v) is 6.60. The highest BCUT2D eigenvalue weighted by Gasteiger charge is 2.16. The van der Waals surface area contributed by atoms with E-state index in [1.54, 1.807) is 6.07 Å². The van der Waals surface area contributed by atoms with E-state index in [0.29, 0.717) is 10.0 Å². The lowest BCUT2D eigenvalue weighted by Crippen LogP contribution is -2.16. The summed E-state index contributed by atoms with van der Waals surface area (Å²) in [5.74, 6) is -0.873. The molecule has 1 aromatic carbocycles. The minimum atomic E-state index is -0.547. The Labute approximate surface area is 127 Å². The summed E-state index contributed by atoms with van der Waals surface area (Å²) >= 11 is 3.07. The van der Waals surface area contributed by atoms with Crippen LogP contribution in [-0.4, -0.2) is 15.8 Å². The van der Waals surface area contributed by atoms with Crippen LogP contribution in [0.5, 0.6) is 0 Å². The quantitative estimate of drug-likeness (QED) is 0.676. The van der Waals surface area contributed by atoms with Gasteiger partial charge < -0.3 is 5.32 Å². The van der Waals surface area contributed by atoms with E-state index >= 15 is 0 Å². The maximum atomic E-state index is 12.9. The molecule has 6 nitrogen and oxygen atoms in total. The van der Waals surface area contributed by atoms with Crippen LogP contribution in [0.2, 0.25) is 0 Å². The highest BCUT2D eigenvalue weighted by atomic mass is 79.9. The number of hydrogen-bond donors (Lipinski definition) is 1. The zero-order valence-corrected chi connectivity index (χ0v) is 12.1. The van der Waals surface area contributed by atoms with E-state index in [1.807, 2.05) is 0 Å². The first-order valence-electron chi connectivity index (χ1n) is 5.80. The first-order chi connectivity index (χ1) is 9.97. The van der Waals surface area contributed by atoms with E-state index in [4.69, 9.17) is 0 Å². The van der Waals surface area contributed by atoms with Crippen LogP contribution >= 0.6 is 15.9 Å². The lowest BCUT2D eigenvalue weighted by molar-refractivity contribution is -0.385. The average molecular weight is 354 g/mol. The molecular formula is C13H9BrFN3O3. The maximum Gasteiger partial charge on any atom is 0.273 e. The summed E-state index contributed by atoms with van der Waals surface area (Å²) in [6.07, 6.45) is 0.786. The number of halogens is 2. The van der Waals surface area contributed by atoms with Crippen LogP contribution in [0.4, 0.5) is 15.9 Å². The maximum absolute atomic E-state index is 12.9. The molecule has 0 bridgehead atoms. The molecule has 108 valence electrons. The minimum Gasteiger partial charge on any atom is -0.309 e. The van der Waals surface area contributed by atoms with Gasteiger partial charge in [-0.15, -0.1) is 0 Å². The van der Waals surface area contributed by atoms with Crippen molar-refractivity contribution in [3.63, 3.8) is 0 Å². The predicted octanol–water partition coefficient (Wildman–Crippen LogP) is 3.07. The number of nitrogens with zero attached hydrogens (tertiary/aromatic N) is 2. The van der Waals surface area contributed by atoms with Gasteiger partial charge in [0.1, 0.15) is 11.6 Å². The van der Waals surface area contributed by atoms with E-state index in [-0.39, 0.29) is 17.9 Å². The molecule has 0 radical (unpaired) electrons. The highest BCUT2D eigenvalue weighted by molar-refractivity contribution is 9.10. The number of pyridine rings is 1. The molecule has 1 heterocycles. The average Bonchev–Trinajstić information content (AvgIpc) is 2.42. The van der Waals surface area contributed by atoms with Crippen molar-refractivity contribution < 1.29 is 14.1 Å². The van der Waals surface area contributed by atoms with Gasteiger partial charge in [0.15, 0.2) is 0 Å². The molecule has 0 saturated carbocycles. The summed E-state index contributed by atoms with van der Waals surface area (Å²) in [6, 6.07) is 7.13. The summed E-state index contributed by atoms with van der Waals surface area (Å²) < 4.78 is 13.2. The fraction of sp³-hybridized carbons (Fsp3) is 0.0769. The number of hydrogen-bond acceptors (Lipinski definition) is 4. The lowest BCUT2D eigenvalue weighted by atomic mass is 10.1. The summed E-state index contributed by atoms with van der Waals surface area (Å²) in [5.41, 5.74) is 0.164. The van der Waals surface area contributed by atoms with E-state index in [2.05, 4.69) is 26.2 Å². The van der Waals surface area contributed by atoms with E-state index in [0.717, 1.165) is 12.3 Å². The van der Waals surface area contributed by atoms with E-state index in [9.17, 15) is 19.3 Å². The van der Waals surface area contributed by atoms with Crippen LogP contribution in [-0.2, 0) is 11.2 Å². The van der Waals surface area contributed by atoms with Crippen LogP contribution in [0, 0.1) is 15.9 Å². The molecule has 1 aromatic heterocycles. The number of amides is 1. The van der Waals surface area contributed by atoms with Gasteiger partial charge in [0.05, 0.1) is 22.0 Å². The van der Waals surface area contributed by atoms with Crippen molar-refractivity contribution in [2.75, 3.05) is 5.32 Å². The number of rotatable bonds is 4. The van der Waals surface area contributed by atoms with Crippen LogP contribution in [0.3, 0.4) is 0 Å². The molecule has 8 heteroatoms. The Morgan fingerprint density at radius 1 is 1.43 bits per heavy atom. The molecule has 0 aliphatic rings. The molecule has 2 rings (SSSR count). The molecule has 0 fully saturated rings. The Morgan fingerprint density at radius 2 is 2.14 bits per heavy atom. The van der Waals surface area contributed by atoms with Gasteiger partial charge in [-0.05, 0) is 22.0 Å². The van der Waals surface area contributed by atoms with Crippen molar-refractivity contribution in [1.29, 1.82) is 0 Å². The molecule has 0 atom stereocenters. The summed E-state index contributed by atoms with van der Waals surface area (Å²) in [4.78, 5) is 26.0. The third-order valence-electron chi connectivity index (χ3n) is 2.60. The third kappa shape index (κ3) is 3.82. The zero-order valence-electron chi connectivity index (χ0n) is 10.5. The molecule has 2 aromatic rings.